The second-order valence-electron chi connectivity index (χ2n) is 6.85. The zero-order chi connectivity index (χ0) is 17.8. The molecular weight excluding hydrogens is 324 g/mol. The summed E-state index contributed by atoms with van der Waals surface area (Å²) in [6.07, 6.45) is 6.10. The summed E-state index contributed by atoms with van der Waals surface area (Å²) in [4.78, 5) is 0. The van der Waals surface area contributed by atoms with Crippen LogP contribution >= 0.6 is 0 Å². The molecule has 1 saturated carbocycles. The van der Waals surface area contributed by atoms with Gasteiger partial charge in [-0.05, 0) is 43.4 Å². The number of fused-ring (bicyclic) bond motifs is 1. The molecule has 3 aromatic rings. The molecule has 0 unspecified atom stereocenters. The molecule has 5 nitrogen and oxygen atoms in total. The topological polar surface area (TPSA) is 73.7 Å². The quantitative estimate of drug-likeness (QED) is 0.734. The number of benzene rings is 2. The van der Waals surface area contributed by atoms with E-state index in [0.717, 1.165) is 36.7 Å². The predicted octanol–water partition coefficient (Wildman–Crippen LogP) is 3.91. The third-order valence-electron chi connectivity index (χ3n) is 5.06. The van der Waals surface area contributed by atoms with E-state index in [-0.39, 0.29) is 6.10 Å². The van der Waals surface area contributed by atoms with Crippen molar-refractivity contribution in [3.8, 4) is 11.8 Å². The van der Waals surface area contributed by atoms with Gasteiger partial charge in [-0.2, -0.15) is 10.4 Å². The Labute approximate surface area is 153 Å². The number of nitrogens with zero attached hydrogens (tertiary/aromatic N) is 2. The van der Waals surface area contributed by atoms with E-state index in [2.05, 4.69) is 45.8 Å². The Hall–Kier alpha value is -2.84. The lowest BCUT2D eigenvalue weighted by atomic mass is 9.92. The monoisotopic (exact) mass is 346 g/mol. The summed E-state index contributed by atoms with van der Waals surface area (Å²) in [5, 5.41) is 20.9. The van der Waals surface area contributed by atoms with Gasteiger partial charge in [0, 0.05) is 18.0 Å². The zero-order valence-corrected chi connectivity index (χ0v) is 14.6. The fraction of sp³-hybridized carbons (Fsp3) is 0.333. The summed E-state index contributed by atoms with van der Waals surface area (Å²) in [5.74, 6) is 0.662. The number of hydrogen-bond acceptors (Lipinski definition) is 4. The number of hydrogen-bond donors (Lipinski definition) is 2. The molecule has 2 N–H and O–H groups in total. The summed E-state index contributed by atoms with van der Waals surface area (Å²) in [6, 6.07) is 17.0. The molecule has 0 bridgehead atoms. The van der Waals surface area contributed by atoms with Gasteiger partial charge in [-0.25, -0.2) is 0 Å². The Kier molecular flexibility index (Phi) is 4.85. The van der Waals surface area contributed by atoms with Gasteiger partial charge in [0.2, 0.25) is 0 Å². The Morgan fingerprint density at radius 1 is 1.19 bits per heavy atom. The van der Waals surface area contributed by atoms with Gasteiger partial charge >= 0.3 is 0 Å². The van der Waals surface area contributed by atoms with E-state index in [9.17, 15) is 5.26 Å². The van der Waals surface area contributed by atoms with Crippen molar-refractivity contribution in [1.82, 2.24) is 15.5 Å². The summed E-state index contributed by atoms with van der Waals surface area (Å²) in [5.41, 5.74) is 2.73. The minimum absolute atomic E-state index is 0.133. The fourth-order valence-electron chi connectivity index (χ4n) is 3.69. The summed E-state index contributed by atoms with van der Waals surface area (Å²) < 4.78 is 6.23. The SMILES string of the molecule is N#Cc1c(O[C@@H]2CCC[C@H](NCc3ccccc3)C2)ccc2[nH]ncc12. The van der Waals surface area contributed by atoms with Gasteiger partial charge in [0.15, 0.2) is 0 Å². The fourth-order valence-corrected chi connectivity index (χ4v) is 3.69. The number of H-pyrrole nitrogens is 1. The maximum atomic E-state index is 9.54. The van der Waals surface area contributed by atoms with E-state index >= 15 is 0 Å². The average molecular weight is 346 g/mol. The van der Waals surface area contributed by atoms with Crippen LogP contribution in [0.3, 0.4) is 0 Å². The highest BCUT2D eigenvalue weighted by atomic mass is 16.5. The van der Waals surface area contributed by atoms with Gasteiger partial charge in [-0.1, -0.05) is 30.3 Å². The van der Waals surface area contributed by atoms with Crippen molar-refractivity contribution < 1.29 is 4.74 Å². The summed E-state index contributed by atoms with van der Waals surface area (Å²) >= 11 is 0. The first-order valence-corrected chi connectivity index (χ1v) is 9.13. The third kappa shape index (κ3) is 3.56. The summed E-state index contributed by atoms with van der Waals surface area (Å²) in [7, 11) is 0. The van der Waals surface area contributed by atoms with Crippen molar-refractivity contribution in [2.45, 2.75) is 44.4 Å². The molecule has 1 fully saturated rings. The van der Waals surface area contributed by atoms with Crippen LogP contribution in [-0.4, -0.2) is 22.3 Å². The lowest BCUT2D eigenvalue weighted by Crippen LogP contribution is -2.37. The van der Waals surface area contributed by atoms with Crippen molar-refractivity contribution >= 4 is 10.9 Å². The number of aromatic amines is 1. The van der Waals surface area contributed by atoms with Gasteiger partial charge < -0.3 is 10.1 Å². The number of ether oxygens (including phenoxy) is 1. The van der Waals surface area contributed by atoms with Crippen molar-refractivity contribution in [3.63, 3.8) is 0 Å². The van der Waals surface area contributed by atoms with E-state index in [1.54, 1.807) is 6.20 Å². The first-order chi connectivity index (χ1) is 12.8. The van der Waals surface area contributed by atoms with Crippen molar-refractivity contribution in [2.24, 2.45) is 0 Å². The third-order valence-corrected chi connectivity index (χ3v) is 5.06. The second-order valence-corrected chi connectivity index (χ2v) is 6.85. The van der Waals surface area contributed by atoms with Crippen LogP contribution in [0.25, 0.3) is 10.9 Å². The molecule has 1 heterocycles. The van der Waals surface area contributed by atoms with Gasteiger partial charge in [0.1, 0.15) is 23.5 Å². The van der Waals surface area contributed by atoms with Crippen molar-refractivity contribution in [2.75, 3.05) is 0 Å². The molecule has 1 aromatic heterocycles. The Morgan fingerprint density at radius 3 is 2.92 bits per heavy atom. The molecule has 2 aromatic carbocycles. The number of nitrogens with one attached hydrogen (secondary N) is 2. The minimum atomic E-state index is 0.133. The van der Waals surface area contributed by atoms with Crippen LogP contribution in [0.1, 0.15) is 36.8 Å². The molecule has 26 heavy (non-hydrogen) atoms. The van der Waals surface area contributed by atoms with Crippen LogP contribution in [0.15, 0.2) is 48.7 Å². The van der Waals surface area contributed by atoms with E-state index in [1.165, 1.54) is 12.0 Å². The summed E-state index contributed by atoms with van der Waals surface area (Å²) in [6.45, 7) is 0.878. The van der Waals surface area contributed by atoms with Crippen LogP contribution < -0.4 is 10.1 Å². The van der Waals surface area contributed by atoms with Gasteiger partial charge in [0.05, 0.1) is 11.7 Å². The highest BCUT2D eigenvalue weighted by molar-refractivity contribution is 5.86. The van der Waals surface area contributed by atoms with Crippen molar-refractivity contribution in [3.05, 3.63) is 59.8 Å². The van der Waals surface area contributed by atoms with Crippen LogP contribution in [0.2, 0.25) is 0 Å². The van der Waals surface area contributed by atoms with E-state index < -0.39 is 0 Å². The number of aromatic nitrogens is 2. The first-order valence-electron chi connectivity index (χ1n) is 9.13. The maximum Gasteiger partial charge on any atom is 0.138 e. The zero-order valence-electron chi connectivity index (χ0n) is 14.6. The molecule has 132 valence electrons. The van der Waals surface area contributed by atoms with Gasteiger partial charge in [0.25, 0.3) is 0 Å². The minimum Gasteiger partial charge on any atom is -0.489 e. The van der Waals surface area contributed by atoms with E-state index in [0.29, 0.717) is 17.4 Å². The van der Waals surface area contributed by atoms with E-state index in [1.807, 2.05) is 18.2 Å². The van der Waals surface area contributed by atoms with Crippen LogP contribution in [0.4, 0.5) is 0 Å². The van der Waals surface area contributed by atoms with Gasteiger partial charge in [-0.3, -0.25) is 5.10 Å². The predicted molar refractivity (Wildman–Crippen MR) is 101 cm³/mol. The van der Waals surface area contributed by atoms with E-state index in [4.69, 9.17) is 4.74 Å². The average Bonchev–Trinajstić information content (AvgIpc) is 3.16. The maximum absolute atomic E-state index is 9.54. The molecule has 4 rings (SSSR count). The molecule has 0 radical (unpaired) electrons. The lowest BCUT2D eigenvalue weighted by Gasteiger charge is -2.30. The second kappa shape index (κ2) is 7.59. The van der Waals surface area contributed by atoms with Crippen LogP contribution in [0, 0.1) is 11.3 Å². The highest BCUT2D eigenvalue weighted by Crippen LogP contribution is 2.30. The molecule has 2 atom stereocenters. The molecule has 0 spiro atoms. The number of rotatable bonds is 5. The smallest absolute Gasteiger partial charge is 0.138 e. The molecule has 0 aliphatic heterocycles. The molecule has 1 aliphatic rings. The molecule has 1 aliphatic carbocycles. The van der Waals surface area contributed by atoms with Crippen LogP contribution in [-0.2, 0) is 6.54 Å². The molecule has 0 amide bonds. The Morgan fingerprint density at radius 2 is 2.08 bits per heavy atom. The van der Waals surface area contributed by atoms with Crippen molar-refractivity contribution in [1.29, 1.82) is 5.26 Å². The highest BCUT2D eigenvalue weighted by Gasteiger charge is 2.24. The largest absolute Gasteiger partial charge is 0.489 e. The molecule has 0 saturated heterocycles. The Bertz CT molecular complexity index is 913. The lowest BCUT2D eigenvalue weighted by molar-refractivity contribution is 0.134. The molecular formula is C21H22N4O. The normalized spacial score (nSPS) is 20.0. The standard InChI is InChI=1S/C21H22N4O/c22-12-18-19-14-24-25-20(19)9-10-21(18)26-17-8-4-7-16(11-17)23-13-15-5-2-1-3-6-15/h1-3,5-6,9-10,14,16-17,23H,4,7-8,11,13H2,(H,24,25)/t16-,17+/m0/s1. The number of nitriles is 1. The first kappa shape index (κ1) is 16.6. The van der Waals surface area contributed by atoms with Crippen LogP contribution in [0.5, 0.6) is 5.75 Å². The molecule has 5 heteroatoms. The Balaban J connectivity index is 1.41. The van der Waals surface area contributed by atoms with Gasteiger partial charge in [-0.15, -0.1) is 0 Å².